The van der Waals surface area contributed by atoms with Crippen molar-refractivity contribution in [2.45, 2.75) is 58.4 Å². The summed E-state index contributed by atoms with van der Waals surface area (Å²) in [4.78, 5) is 0. The molecule has 1 N–H and O–H groups in total. The molecule has 21 heavy (non-hydrogen) atoms. The first-order chi connectivity index (χ1) is 10.1. The fourth-order valence-corrected chi connectivity index (χ4v) is 2.19. The number of rotatable bonds is 9. The fourth-order valence-electron chi connectivity index (χ4n) is 2.19. The Bertz CT molecular complexity index is 467. The molecule has 2 atom stereocenters. The van der Waals surface area contributed by atoms with Gasteiger partial charge in [0.15, 0.2) is 0 Å². The molecule has 0 saturated carbocycles. The second-order valence-electron chi connectivity index (χ2n) is 5.82. The molecular weight excluding hydrogens is 260 g/mol. The topological polar surface area (TPSA) is 45.0 Å². The van der Waals surface area contributed by atoms with Gasteiger partial charge in [0, 0.05) is 6.42 Å². The Morgan fingerprint density at radius 1 is 1.33 bits per heavy atom. The van der Waals surface area contributed by atoms with Gasteiger partial charge < -0.3 is 4.74 Å². The van der Waals surface area contributed by atoms with E-state index >= 15 is 0 Å². The van der Waals surface area contributed by atoms with Crippen LogP contribution >= 0.6 is 0 Å². The van der Waals surface area contributed by atoms with Gasteiger partial charge in [-0.2, -0.15) is 5.26 Å². The summed E-state index contributed by atoms with van der Waals surface area (Å²) in [6, 6.07) is 10.6. The molecule has 3 nitrogen and oxygen atoms in total. The predicted molar refractivity (Wildman–Crippen MR) is 87.6 cm³/mol. The molecule has 0 heterocycles. The molecule has 2 unspecified atom stereocenters. The molecule has 0 fully saturated rings. The van der Waals surface area contributed by atoms with E-state index in [2.05, 4.69) is 44.3 Å². The van der Waals surface area contributed by atoms with Crippen LogP contribution in [0.4, 0.5) is 0 Å². The summed E-state index contributed by atoms with van der Waals surface area (Å²) in [5.74, 6) is 1.43. The van der Waals surface area contributed by atoms with Crippen molar-refractivity contribution in [2.75, 3.05) is 13.2 Å². The molecule has 1 aromatic carbocycles. The molecule has 0 aliphatic heterocycles. The summed E-state index contributed by atoms with van der Waals surface area (Å²) in [6.45, 7) is 9.84. The van der Waals surface area contributed by atoms with Gasteiger partial charge in [-0.15, -0.1) is 0 Å². The SMILES string of the molecule is CCCNC(C)(C#N)CCOc1ccccc1C(C)CC. The molecule has 0 aliphatic rings. The van der Waals surface area contributed by atoms with E-state index < -0.39 is 5.54 Å². The van der Waals surface area contributed by atoms with Crippen molar-refractivity contribution >= 4 is 0 Å². The van der Waals surface area contributed by atoms with Gasteiger partial charge in [0.05, 0.1) is 12.7 Å². The average Bonchev–Trinajstić information content (AvgIpc) is 2.52. The minimum Gasteiger partial charge on any atom is -0.493 e. The summed E-state index contributed by atoms with van der Waals surface area (Å²) >= 11 is 0. The van der Waals surface area contributed by atoms with Gasteiger partial charge in [-0.25, -0.2) is 0 Å². The Balaban J connectivity index is 2.62. The van der Waals surface area contributed by atoms with E-state index in [1.807, 2.05) is 19.1 Å². The monoisotopic (exact) mass is 288 g/mol. The molecule has 1 rings (SSSR count). The molecule has 3 heteroatoms. The normalized spacial score (nSPS) is 15.0. The van der Waals surface area contributed by atoms with E-state index in [1.54, 1.807) is 0 Å². The van der Waals surface area contributed by atoms with Crippen LogP contribution in [-0.2, 0) is 0 Å². The fraction of sp³-hybridized carbons (Fsp3) is 0.611. The zero-order valence-corrected chi connectivity index (χ0v) is 13.8. The van der Waals surface area contributed by atoms with Gasteiger partial charge in [0.2, 0.25) is 0 Å². The maximum atomic E-state index is 9.32. The first-order valence-corrected chi connectivity index (χ1v) is 7.94. The Morgan fingerprint density at radius 3 is 2.67 bits per heavy atom. The van der Waals surface area contributed by atoms with E-state index in [1.165, 1.54) is 5.56 Å². The number of hydrogen-bond donors (Lipinski definition) is 1. The Labute approximate surface area is 129 Å². The van der Waals surface area contributed by atoms with Crippen LogP contribution in [0, 0.1) is 11.3 Å². The molecule has 0 saturated heterocycles. The Kier molecular flexibility index (Phi) is 7.25. The number of hydrogen-bond acceptors (Lipinski definition) is 3. The van der Waals surface area contributed by atoms with Crippen molar-refractivity contribution in [1.82, 2.24) is 5.32 Å². The Morgan fingerprint density at radius 2 is 2.05 bits per heavy atom. The van der Waals surface area contributed by atoms with Crippen LogP contribution in [0.15, 0.2) is 24.3 Å². The number of nitriles is 1. The molecule has 0 aliphatic carbocycles. The highest BCUT2D eigenvalue weighted by Gasteiger charge is 2.22. The van der Waals surface area contributed by atoms with Crippen LogP contribution in [0.25, 0.3) is 0 Å². The first-order valence-electron chi connectivity index (χ1n) is 7.94. The van der Waals surface area contributed by atoms with Crippen LogP contribution < -0.4 is 10.1 Å². The zero-order chi connectivity index (χ0) is 15.7. The number of ether oxygens (including phenoxy) is 1. The lowest BCUT2D eigenvalue weighted by Gasteiger charge is -2.23. The van der Waals surface area contributed by atoms with Crippen molar-refractivity contribution in [2.24, 2.45) is 0 Å². The molecule has 0 amide bonds. The van der Waals surface area contributed by atoms with Gasteiger partial charge in [-0.05, 0) is 43.9 Å². The second-order valence-corrected chi connectivity index (χ2v) is 5.82. The number of nitrogens with zero attached hydrogens (tertiary/aromatic N) is 1. The van der Waals surface area contributed by atoms with Crippen molar-refractivity contribution < 1.29 is 4.74 Å². The van der Waals surface area contributed by atoms with Gasteiger partial charge >= 0.3 is 0 Å². The van der Waals surface area contributed by atoms with E-state index in [0.29, 0.717) is 18.9 Å². The van der Waals surface area contributed by atoms with Crippen LogP contribution in [0.2, 0.25) is 0 Å². The third-order valence-corrected chi connectivity index (χ3v) is 3.93. The summed E-state index contributed by atoms with van der Waals surface area (Å²) in [7, 11) is 0. The van der Waals surface area contributed by atoms with E-state index in [4.69, 9.17) is 4.74 Å². The van der Waals surface area contributed by atoms with E-state index in [0.717, 1.165) is 25.1 Å². The largest absolute Gasteiger partial charge is 0.493 e. The van der Waals surface area contributed by atoms with Gasteiger partial charge in [-0.1, -0.05) is 39.0 Å². The molecule has 1 aromatic rings. The highest BCUT2D eigenvalue weighted by molar-refractivity contribution is 5.35. The van der Waals surface area contributed by atoms with E-state index in [9.17, 15) is 5.26 Å². The minimum atomic E-state index is -0.513. The van der Waals surface area contributed by atoms with Gasteiger partial charge in [-0.3, -0.25) is 5.32 Å². The molecule has 0 aromatic heterocycles. The molecule has 0 spiro atoms. The van der Waals surface area contributed by atoms with Crippen LogP contribution in [-0.4, -0.2) is 18.7 Å². The van der Waals surface area contributed by atoms with Crippen LogP contribution in [0.1, 0.15) is 58.4 Å². The van der Waals surface area contributed by atoms with Crippen LogP contribution in [0.5, 0.6) is 5.75 Å². The third kappa shape index (κ3) is 5.40. The molecule has 0 bridgehead atoms. The van der Waals surface area contributed by atoms with Gasteiger partial charge in [0.1, 0.15) is 11.3 Å². The average molecular weight is 288 g/mol. The lowest BCUT2D eigenvalue weighted by molar-refractivity contribution is 0.264. The maximum absolute atomic E-state index is 9.32. The highest BCUT2D eigenvalue weighted by Crippen LogP contribution is 2.28. The van der Waals surface area contributed by atoms with Crippen LogP contribution in [0.3, 0.4) is 0 Å². The molecule has 116 valence electrons. The maximum Gasteiger partial charge on any atom is 0.122 e. The third-order valence-electron chi connectivity index (χ3n) is 3.93. The van der Waals surface area contributed by atoms with Crippen molar-refractivity contribution in [3.63, 3.8) is 0 Å². The van der Waals surface area contributed by atoms with E-state index in [-0.39, 0.29) is 0 Å². The smallest absolute Gasteiger partial charge is 0.122 e. The first kappa shape index (κ1) is 17.5. The lowest BCUT2D eigenvalue weighted by Crippen LogP contribution is -2.42. The van der Waals surface area contributed by atoms with Crippen molar-refractivity contribution in [3.05, 3.63) is 29.8 Å². The van der Waals surface area contributed by atoms with Crippen molar-refractivity contribution in [1.29, 1.82) is 5.26 Å². The Hall–Kier alpha value is -1.53. The summed E-state index contributed by atoms with van der Waals surface area (Å²) in [5, 5.41) is 12.6. The quantitative estimate of drug-likeness (QED) is 0.738. The highest BCUT2D eigenvalue weighted by atomic mass is 16.5. The lowest BCUT2D eigenvalue weighted by atomic mass is 9.97. The predicted octanol–water partition coefficient (Wildman–Crippen LogP) is 4.25. The minimum absolute atomic E-state index is 0.488. The second kappa shape index (κ2) is 8.69. The molecular formula is C18H28N2O. The number of benzene rings is 1. The zero-order valence-electron chi connectivity index (χ0n) is 13.8. The van der Waals surface area contributed by atoms with Crippen molar-refractivity contribution in [3.8, 4) is 11.8 Å². The standard InChI is InChI=1S/C18H28N2O/c1-5-12-20-18(4,14-19)11-13-21-17-10-8-7-9-16(17)15(3)6-2/h7-10,15,20H,5-6,11-13H2,1-4H3. The summed E-state index contributed by atoms with van der Waals surface area (Å²) in [5.41, 5.74) is 0.738. The number of nitrogens with one attached hydrogen (secondary N) is 1. The summed E-state index contributed by atoms with van der Waals surface area (Å²) in [6.07, 6.45) is 2.79. The molecule has 0 radical (unpaired) electrons. The summed E-state index contributed by atoms with van der Waals surface area (Å²) < 4.78 is 5.95. The van der Waals surface area contributed by atoms with Gasteiger partial charge in [0.25, 0.3) is 0 Å². The number of para-hydroxylation sites is 1.